The Labute approximate surface area is 113 Å². The number of carbonyl (C=O) groups excluding carboxylic acids is 1. The number of alkyl halides is 1. The van der Waals surface area contributed by atoms with Crippen molar-refractivity contribution in [1.82, 2.24) is 0 Å². The van der Waals surface area contributed by atoms with Crippen molar-refractivity contribution >= 4 is 29.1 Å². The van der Waals surface area contributed by atoms with E-state index in [2.05, 4.69) is 19.9 Å². The molecule has 3 heteroatoms. The van der Waals surface area contributed by atoms with Crippen molar-refractivity contribution in [3.05, 3.63) is 29.3 Å². The van der Waals surface area contributed by atoms with Gasteiger partial charge in [-0.25, -0.2) is 0 Å². The van der Waals surface area contributed by atoms with Crippen molar-refractivity contribution < 1.29 is 4.79 Å². The van der Waals surface area contributed by atoms with Crippen molar-refractivity contribution in [3.63, 3.8) is 0 Å². The predicted molar refractivity (Wildman–Crippen MR) is 76.4 cm³/mol. The first-order valence-electron chi connectivity index (χ1n) is 5.87. The van der Waals surface area contributed by atoms with Gasteiger partial charge in [0.1, 0.15) is 0 Å². The molecule has 1 aromatic carbocycles. The van der Waals surface area contributed by atoms with Gasteiger partial charge in [-0.15, -0.1) is 23.4 Å². The second kappa shape index (κ2) is 7.07. The minimum Gasteiger partial charge on any atom is -0.294 e. The van der Waals surface area contributed by atoms with Crippen molar-refractivity contribution in [3.8, 4) is 0 Å². The summed E-state index contributed by atoms with van der Waals surface area (Å²) in [7, 11) is 0. The molecule has 1 rings (SSSR count). The summed E-state index contributed by atoms with van der Waals surface area (Å²) < 4.78 is 0. The van der Waals surface area contributed by atoms with Gasteiger partial charge in [0.2, 0.25) is 0 Å². The predicted octanol–water partition coefficient (Wildman–Crippen LogP) is 4.55. The smallest absolute Gasteiger partial charge is 0.165 e. The van der Waals surface area contributed by atoms with Crippen LogP contribution < -0.4 is 0 Å². The molecule has 1 nitrogen and oxygen atoms in total. The molecule has 0 aliphatic rings. The third-order valence-electron chi connectivity index (χ3n) is 2.33. The molecule has 0 fully saturated rings. The molecule has 0 N–H and O–H groups in total. The normalized spacial score (nSPS) is 10.9. The second-order valence-electron chi connectivity index (χ2n) is 4.57. The van der Waals surface area contributed by atoms with E-state index in [-0.39, 0.29) is 5.78 Å². The monoisotopic (exact) mass is 270 g/mol. The highest BCUT2D eigenvalue weighted by Gasteiger charge is 2.12. The van der Waals surface area contributed by atoms with E-state index in [1.54, 1.807) is 11.8 Å². The van der Waals surface area contributed by atoms with Gasteiger partial charge in [-0.1, -0.05) is 25.5 Å². The molecule has 1 aromatic rings. The quantitative estimate of drug-likeness (QED) is 0.428. The van der Waals surface area contributed by atoms with Crippen molar-refractivity contribution in [2.24, 2.45) is 5.92 Å². The molecule has 0 spiro atoms. The number of benzene rings is 1. The molecule has 0 radical (unpaired) electrons. The summed E-state index contributed by atoms with van der Waals surface area (Å²) in [5.74, 6) is 2.19. The van der Waals surface area contributed by atoms with Crippen LogP contribution in [0.25, 0.3) is 0 Å². The minimum atomic E-state index is 0.148. The topological polar surface area (TPSA) is 17.1 Å². The molecule has 0 amide bonds. The Balaban J connectivity index is 2.91. The highest BCUT2D eigenvalue weighted by atomic mass is 35.5. The van der Waals surface area contributed by atoms with Crippen LogP contribution in [0.3, 0.4) is 0 Å². The lowest BCUT2D eigenvalue weighted by atomic mass is 10.1. The lowest BCUT2D eigenvalue weighted by Gasteiger charge is -2.10. The van der Waals surface area contributed by atoms with Crippen LogP contribution in [0.5, 0.6) is 0 Å². The molecule has 0 unspecified atom stereocenters. The van der Waals surface area contributed by atoms with Gasteiger partial charge in [-0.2, -0.15) is 0 Å². The van der Waals surface area contributed by atoms with Gasteiger partial charge in [0.15, 0.2) is 5.78 Å². The van der Waals surface area contributed by atoms with Crippen molar-refractivity contribution in [2.75, 3.05) is 11.6 Å². The van der Waals surface area contributed by atoms with Crippen LogP contribution in [-0.2, 0) is 0 Å². The third kappa shape index (κ3) is 4.72. The van der Waals surface area contributed by atoms with E-state index < -0.39 is 0 Å². The Hall–Kier alpha value is -0.470. The third-order valence-corrected chi connectivity index (χ3v) is 4.02. The SMILES string of the molecule is Cc1ccc(SCC(C)C)c(C(=O)CCCl)c1. The zero-order valence-corrected chi connectivity index (χ0v) is 12.2. The number of halogens is 1. The second-order valence-corrected chi connectivity index (χ2v) is 6.01. The Kier molecular flexibility index (Phi) is 6.07. The number of ketones is 1. The van der Waals surface area contributed by atoms with Gasteiger partial charge in [-0.3, -0.25) is 4.79 Å². The zero-order chi connectivity index (χ0) is 12.8. The fourth-order valence-electron chi connectivity index (χ4n) is 1.46. The molecule has 0 aromatic heterocycles. The van der Waals surface area contributed by atoms with Gasteiger partial charge in [0, 0.05) is 28.5 Å². The molecule has 94 valence electrons. The van der Waals surface area contributed by atoms with E-state index in [0.717, 1.165) is 21.8 Å². The molecule has 17 heavy (non-hydrogen) atoms. The molecule has 0 saturated heterocycles. The van der Waals surface area contributed by atoms with Crippen LogP contribution in [0.15, 0.2) is 23.1 Å². The van der Waals surface area contributed by atoms with Crippen molar-refractivity contribution in [1.29, 1.82) is 0 Å². The van der Waals surface area contributed by atoms with Gasteiger partial charge in [0.05, 0.1) is 0 Å². The first-order chi connectivity index (χ1) is 8.04. The first-order valence-corrected chi connectivity index (χ1v) is 7.39. The fraction of sp³-hybridized carbons (Fsp3) is 0.500. The van der Waals surface area contributed by atoms with E-state index >= 15 is 0 Å². The summed E-state index contributed by atoms with van der Waals surface area (Å²) in [5, 5.41) is 0. The molecule has 0 aliphatic heterocycles. The van der Waals surface area contributed by atoms with E-state index in [1.165, 1.54) is 0 Å². The fourth-order valence-corrected chi connectivity index (χ4v) is 2.64. The van der Waals surface area contributed by atoms with E-state index in [1.807, 2.05) is 19.1 Å². The molecule has 0 atom stereocenters. The molecular weight excluding hydrogens is 252 g/mol. The summed E-state index contributed by atoms with van der Waals surface area (Å²) in [6.45, 7) is 6.37. The van der Waals surface area contributed by atoms with Gasteiger partial charge in [-0.05, 0) is 25.0 Å². The number of thioether (sulfide) groups is 1. The summed E-state index contributed by atoms with van der Waals surface area (Å²) in [6, 6.07) is 6.07. The van der Waals surface area contributed by atoms with E-state index in [0.29, 0.717) is 18.2 Å². The molecule has 0 bridgehead atoms. The van der Waals surface area contributed by atoms with Gasteiger partial charge in [0.25, 0.3) is 0 Å². The summed E-state index contributed by atoms with van der Waals surface area (Å²) in [6.07, 6.45) is 0.417. The number of aryl methyl sites for hydroxylation is 1. The number of carbonyl (C=O) groups is 1. The Morgan fingerprint density at radius 3 is 2.71 bits per heavy atom. The van der Waals surface area contributed by atoms with Crippen LogP contribution in [-0.4, -0.2) is 17.4 Å². The van der Waals surface area contributed by atoms with Crippen LogP contribution in [0, 0.1) is 12.8 Å². The maximum absolute atomic E-state index is 12.0. The molecular formula is C14H19ClOS. The van der Waals surface area contributed by atoms with E-state index in [9.17, 15) is 4.79 Å². The Morgan fingerprint density at radius 1 is 1.41 bits per heavy atom. The summed E-state index contributed by atoms with van der Waals surface area (Å²) in [5.41, 5.74) is 1.95. The standard InChI is InChI=1S/C14H19ClOS/c1-10(2)9-17-14-5-4-11(3)8-12(14)13(16)6-7-15/h4-5,8,10H,6-7,9H2,1-3H3. The summed E-state index contributed by atoms with van der Waals surface area (Å²) in [4.78, 5) is 13.0. The average molecular weight is 271 g/mol. The van der Waals surface area contributed by atoms with Crippen LogP contribution >= 0.6 is 23.4 Å². The number of Topliss-reactive ketones (excluding diaryl/α,β-unsaturated/α-hetero) is 1. The van der Waals surface area contributed by atoms with Gasteiger partial charge >= 0.3 is 0 Å². The number of rotatable bonds is 6. The van der Waals surface area contributed by atoms with Crippen molar-refractivity contribution in [2.45, 2.75) is 32.1 Å². The Morgan fingerprint density at radius 2 is 2.12 bits per heavy atom. The lowest BCUT2D eigenvalue weighted by molar-refractivity contribution is 0.0986. The highest BCUT2D eigenvalue weighted by molar-refractivity contribution is 7.99. The highest BCUT2D eigenvalue weighted by Crippen LogP contribution is 2.26. The average Bonchev–Trinajstić information content (AvgIpc) is 2.27. The number of hydrogen-bond donors (Lipinski definition) is 0. The largest absolute Gasteiger partial charge is 0.294 e. The van der Waals surface area contributed by atoms with E-state index in [4.69, 9.17) is 11.6 Å². The lowest BCUT2D eigenvalue weighted by Crippen LogP contribution is -2.03. The Bertz CT molecular complexity index is 388. The molecule has 0 heterocycles. The zero-order valence-electron chi connectivity index (χ0n) is 10.6. The van der Waals surface area contributed by atoms with Crippen LogP contribution in [0.1, 0.15) is 36.2 Å². The maximum atomic E-state index is 12.0. The van der Waals surface area contributed by atoms with Crippen LogP contribution in [0.2, 0.25) is 0 Å². The molecule has 0 saturated carbocycles. The number of hydrogen-bond acceptors (Lipinski definition) is 2. The molecule has 0 aliphatic carbocycles. The maximum Gasteiger partial charge on any atom is 0.165 e. The first kappa shape index (κ1) is 14.6. The minimum absolute atomic E-state index is 0.148. The van der Waals surface area contributed by atoms with Gasteiger partial charge < -0.3 is 0 Å². The van der Waals surface area contributed by atoms with Crippen LogP contribution in [0.4, 0.5) is 0 Å². The summed E-state index contributed by atoms with van der Waals surface area (Å²) >= 11 is 7.39.